The number of benzene rings is 2. The number of carbonyl (C=O) groups is 2. The van der Waals surface area contributed by atoms with E-state index >= 15 is 0 Å². The lowest BCUT2D eigenvalue weighted by atomic mass is 10.1. The predicted octanol–water partition coefficient (Wildman–Crippen LogP) is 2.32. The number of anilines is 1. The van der Waals surface area contributed by atoms with Crippen LogP contribution in [-0.2, 0) is 16.1 Å². The first kappa shape index (κ1) is 15.1. The standard InChI is InChI=1S/C18H18N2O3/c1-11-7-8-15-14(9-11)20-18(22)16(23-15)17(21)19-10-13-6-4-3-5-12(13)2/h3-9,16H,10H2,1-2H3,(H,19,21)(H,20,22)/t16-/m1/s1. The van der Waals surface area contributed by atoms with Crippen molar-refractivity contribution in [3.05, 3.63) is 59.2 Å². The topological polar surface area (TPSA) is 67.4 Å². The minimum Gasteiger partial charge on any atom is -0.468 e. The van der Waals surface area contributed by atoms with Crippen LogP contribution in [0.5, 0.6) is 5.75 Å². The summed E-state index contributed by atoms with van der Waals surface area (Å²) >= 11 is 0. The Bertz CT molecular complexity index is 771. The van der Waals surface area contributed by atoms with Gasteiger partial charge in [-0.2, -0.15) is 0 Å². The van der Waals surface area contributed by atoms with E-state index in [9.17, 15) is 9.59 Å². The summed E-state index contributed by atoms with van der Waals surface area (Å²) < 4.78 is 5.56. The van der Waals surface area contributed by atoms with E-state index in [1.807, 2.05) is 50.2 Å². The fourth-order valence-electron chi connectivity index (χ4n) is 2.48. The van der Waals surface area contributed by atoms with Crippen molar-refractivity contribution in [1.82, 2.24) is 5.32 Å². The molecule has 2 N–H and O–H groups in total. The van der Waals surface area contributed by atoms with E-state index in [0.29, 0.717) is 18.0 Å². The van der Waals surface area contributed by atoms with Crippen molar-refractivity contribution < 1.29 is 14.3 Å². The van der Waals surface area contributed by atoms with Gasteiger partial charge in [0.1, 0.15) is 5.75 Å². The molecule has 118 valence electrons. The summed E-state index contributed by atoms with van der Waals surface area (Å²) in [6, 6.07) is 13.2. The van der Waals surface area contributed by atoms with E-state index in [2.05, 4.69) is 10.6 Å². The summed E-state index contributed by atoms with van der Waals surface area (Å²) in [7, 11) is 0. The van der Waals surface area contributed by atoms with Crippen LogP contribution in [0.1, 0.15) is 16.7 Å². The zero-order chi connectivity index (χ0) is 16.4. The van der Waals surface area contributed by atoms with E-state index in [4.69, 9.17) is 4.74 Å². The SMILES string of the molecule is Cc1ccc2c(c1)NC(=O)[C@@H](C(=O)NCc1ccccc1C)O2. The molecule has 23 heavy (non-hydrogen) atoms. The highest BCUT2D eigenvalue weighted by atomic mass is 16.5. The number of fused-ring (bicyclic) bond motifs is 1. The Morgan fingerprint density at radius 1 is 1.22 bits per heavy atom. The van der Waals surface area contributed by atoms with Crippen LogP contribution < -0.4 is 15.4 Å². The van der Waals surface area contributed by atoms with Crippen molar-refractivity contribution in [3.8, 4) is 5.75 Å². The van der Waals surface area contributed by atoms with Gasteiger partial charge in [0.05, 0.1) is 5.69 Å². The molecular formula is C18H18N2O3. The molecular weight excluding hydrogens is 292 g/mol. The van der Waals surface area contributed by atoms with Gasteiger partial charge in [-0.1, -0.05) is 30.3 Å². The first-order valence-electron chi connectivity index (χ1n) is 7.45. The Balaban J connectivity index is 1.69. The van der Waals surface area contributed by atoms with Crippen LogP contribution in [0, 0.1) is 13.8 Å². The predicted molar refractivity (Wildman–Crippen MR) is 87.3 cm³/mol. The van der Waals surface area contributed by atoms with Crippen molar-refractivity contribution >= 4 is 17.5 Å². The van der Waals surface area contributed by atoms with Crippen molar-refractivity contribution in [2.24, 2.45) is 0 Å². The molecule has 0 spiro atoms. The third kappa shape index (κ3) is 3.18. The molecule has 2 amide bonds. The second-order valence-electron chi connectivity index (χ2n) is 5.63. The lowest BCUT2D eigenvalue weighted by Crippen LogP contribution is -2.48. The van der Waals surface area contributed by atoms with Crippen LogP contribution in [0.3, 0.4) is 0 Å². The van der Waals surface area contributed by atoms with E-state index in [1.165, 1.54) is 0 Å². The molecule has 5 heteroatoms. The molecule has 0 aromatic heterocycles. The molecule has 5 nitrogen and oxygen atoms in total. The fourth-order valence-corrected chi connectivity index (χ4v) is 2.48. The van der Waals surface area contributed by atoms with Crippen molar-refractivity contribution in [2.45, 2.75) is 26.5 Å². The lowest BCUT2D eigenvalue weighted by Gasteiger charge is -2.25. The highest BCUT2D eigenvalue weighted by molar-refractivity contribution is 6.11. The van der Waals surface area contributed by atoms with Gasteiger partial charge in [-0.15, -0.1) is 0 Å². The minimum atomic E-state index is -1.17. The van der Waals surface area contributed by atoms with Crippen molar-refractivity contribution in [3.63, 3.8) is 0 Å². The number of hydrogen-bond donors (Lipinski definition) is 2. The Labute approximate surface area is 134 Å². The normalized spacial score (nSPS) is 16.1. The minimum absolute atomic E-state index is 0.361. The van der Waals surface area contributed by atoms with Gasteiger partial charge in [-0.05, 0) is 42.7 Å². The number of aryl methyl sites for hydroxylation is 2. The smallest absolute Gasteiger partial charge is 0.275 e. The second-order valence-corrected chi connectivity index (χ2v) is 5.63. The summed E-state index contributed by atoms with van der Waals surface area (Å²) in [6.07, 6.45) is -1.17. The molecule has 0 saturated heterocycles. The molecule has 0 unspecified atom stereocenters. The number of carbonyl (C=O) groups excluding carboxylic acids is 2. The fraction of sp³-hybridized carbons (Fsp3) is 0.222. The Morgan fingerprint density at radius 3 is 2.78 bits per heavy atom. The molecule has 3 rings (SSSR count). The van der Waals surface area contributed by atoms with Gasteiger partial charge in [0, 0.05) is 6.54 Å². The molecule has 0 bridgehead atoms. The molecule has 1 aliphatic heterocycles. The quantitative estimate of drug-likeness (QED) is 0.855. The summed E-state index contributed by atoms with van der Waals surface area (Å²) in [4.78, 5) is 24.4. The second kappa shape index (κ2) is 6.12. The Kier molecular flexibility index (Phi) is 4.02. The van der Waals surface area contributed by atoms with Gasteiger partial charge in [0.2, 0.25) is 0 Å². The zero-order valence-corrected chi connectivity index (χ0v) is 13.1. The highest BCUT2D eigenvalue weighted by Gasteiger charge is 2.33. The van der Waals surface area contributed by atoms with Crippen LogP contribution in [0.4, 0.5) is 5.69 Å². The molecule has 0 aliphatic carbocycles. The van der Waals surface area contributed by atoms with Crippen LogP contribution in [0.25, 0.3) is 0 Å². The molecule has 0 saturated carbocycles. The number of rotatable bonds is 3. The van der Waals surface area contributed by atoms with Crippen LogP contribution in [-0.4, -0.2) is 17.9 Å². The molecule has 0 radical (unpaired) electrons. The average Bonchev–Trinajstić information content (AvgIpc) is 2.53. The van der Waals surface area contributed by atoms with Crippen molar-refractivity contribution in [1.29, 1.82) is 0 Å². The Morgan fingerprint density at radius 2 is 2.00 bits per heavy atom. The van der Waals surface area contributed by atoms with Crippen molar-refractivity contribution in [2.75, 3.05) is 5.32 Å². The van der Waals surface area contributed by atoms with E-state index in [1.54, 1.807) is 6.07 Å². The first-order chi connectivity index (χ1) is 11.0. The van der Waals surface area contributed by atoms with E-state index in [0.717, 1.165) is 16.7 Å². The van der Waals surface area contributed by atoms with Gasteiger partial charge in [0.25, 0.3) is 17.9 Å². The maximum Gasteiger partial charge on any atom is 0.275 e. The lowest BCUT2D eigenvalue weighted by molar-refractivity contribution is -0.137. The average molecular weight is 310 g/mol. The molecule has 0 fully saturated rings. The van der Waals surface area contributed by atoms with Crippen LogP contribution >= 0.6 is 0 Å². The largest absolute Gasteiger partial charge is 0.468 e. The van der Waals surface area contributed by atoms with Gasteiger partial charge in [-0.25, -0.2) is 0 Å². The number of amides is 2. The monoisotopic (exact) mass is 310 g/mol. The molecule has 1 heterocycles. The first-order valence-corrected chi connectivity index (χ1v) is 7.45. The Hall–Kier alpha value is -2.82. The van der Waals surface area contributed by atoms with Crippen LogP contribution in [0.2, 0.25) is 0 Å². The summed E-state index contributed by atoms with van der Waals surface area (Å²) in [5.74, 6) is -0.395. The van der Waals surface area contributed by atoms with Gasteiger partial charge < -0.3 is 15.4 Å². The molecule has 1 aliphatic rings. The maximum atomic E-state index is 12.3. The van der Waals surface area contributed by atoms with Crippen LogP contribution in [0.15, 0.2) is 42.5 Å². The van der Waals surface area contributed by atoms with Gasteiger partial charge >= 0.3 is 0 Å². The number of nitrogens with one attached hydrogen (secondary N) is 2. The number of hydrogen-bond acceptors (Lipinski definition) is 3. The number of ether oxygens (including phenoxy) is 1. The molecule has 2 aromatic carbocycles. The molecule has 1 atom stereocenters. The third-order valence-electron chi connectivity index (χ3n) is 3.83. The summed E-state index contributed by atoms with van der Waals surface area (Å²) in [5, 5.41) is 5.47. The third-order valence-corrected chi connectivity index (χ3v) is 3.83. The van der Waals surface area contributed by atoms with E-state index < -0.39 is 17.9 Å². The summed E-state index contributed by atoms with van der Waals surface area (Å²) in [6.45, 7) is 4.26. The van der Waals surface area contributed by atoms with Gasteiger partial charge in [-0.3, -0.25) is 9.59 Å². The van der Waals surface area contributed by atoms with E-state index in [-0.39, 0.29) is 0 Å². The summed E-state index contributed by atoms with van der Waals surface area (Å²) in [5.41, 5.74) is 3.70. The van der Waals surface area contributed by atoms with Gasteiger partial charge in [0.15, 0.2) is 0 Å². The molecule has 2 aromatic rings. The highest BCUT2D eigenvalue weighted by Crippen LogP contribution is 2.30. The zero-order valence-electron chi connectivity index (χ0n) is 13.1. The maximum absolute atomic E-state index is 12.3.